The first kappa shape index (κ1) is 11.6. The highest BCUT2D eigenvalue weighted by atomic mass is 15.5. The van der Waals surface area contributed by atoms with Gasteiger partial charge in [-0.25, -0.2) is 4.68 Å². The molecule has 19 heavy (non-hydrogen) atoms. The number of hydrogen-bond donors (Lipinski definition) is 1. The fourth-order valence-corrected chi connectivity index (χ4v) is 3.49. The number of hydrogen-bond acceptors (Lipinski definition) is 4. The summed E-state index contributed by atoms with van der Waals surface area (Å²) in [4.78, 5) is 7.08. The van der Waals surface area contributed by atoms with Crippen molar-refractivity contribution >= 4 is 11.9 Å². The van der Waals surface area contributed by atoms with Crippen LogP contribution in [0, 0.1) is 5.41 Å². The lowest BCUT2D eigenvalue weighted by molar-refractivity contribution is 0.284. The predicted octanol–water partition coefficient (Wildman–Crippen LogP) is 2.43. The van der Waals surface area contributed by atoms with E-state index in [0.29, 0.717) is 11.5 Å². The van der Waals surface area contributed by atoms with Gasteiger partial charge in [0.2, 0.25) is 11.9 Å². The molecule has 1 N–H and O–H groups in total. The third-order valence-corrected chi connectivity index (χ3v) is 5.10. The van der Waals surface area contributed by atoms with Gasteiger partial charge in [0, 0.05) is 19.6 Å². The zero-order valence-corrected chi connectivity index (χ0v) is 11.7. The first-order valence-electron chi connectivity index (χ1n) is 7.72. The fraction of sp³-hybridized carbons (Fsp3) is 0.857. The summed E-state index contributed by atoms with van der Waals surface area (Å²) in [6, 6.07) is 0.551. The van der Waals surface area contributed by atoms with Gasteiger partial charge in [0.25, 0.3) is 0 Å². The molecule has 1 saturated carbocycles. The summed E-state index contributed by atoms with van der Waals surface area (Å²) in [6.45, 7) is 5.67. The van der Waals surface area contributed by atoms with Crippen LogP contribution in [0.3, 0.4) is 0 Å². The van der Waals surface area contributed by atoms with Gasteiger partial charge >= 0.3 is 0 Å². The molecular weight excluding hydrogens is 238 g/mol. The Morgan fingerprint density at radius 1 is 1.21 bits per heavy atom. The van der Waals surface area contributed by atoms with E-state index in [4.69, 9.17) is 10.1 Å². The van der Waals surface area contributed by atoms with E-state index in [9.17, 15) is 0 Å². The summed E-state index contributed by atoms with van der Waals surface area (Å²) in [5.74, 6) is 1.93. The van der Waals surface area contributed by atoms with Gasteiger partial charge in [-0.15, -0.1) is 5.10 Å². The topological polar surface area (TPSA) is 46.0 Å². The van der Waals surface area contributed by atoms with Crippen molar-refractivity contribution in [3.8, 4) is 0 Å². The minimum Gasteiger partial charge on any atom is -0.354 e. The molecule has 2 fully saturated rings. The maximum absolute atomic E-state index is 4.83. The lowest BCUT2D eigenvalue weighted by atomic mass is 9.95. The summed E-state index contributed by atoms with van der Waals surface area (Å²) in [5, 5.41) is 8.25. The van der Waals surface area contributed by atoms with Gasteiger partial charge < -0.3 is 10.2 Å². The van der Waals surface area contributed by atoms with Gasteiger partial charge in [0.15, 0.2) is 0 Å². The molecule has 1 unspecified atom stereocenters. The average molecular weight is 261 g/mol. The Morgan fingerprint density at radius 2 is 2.00 bits per heavy atom. The van der Waals surface area contributed by atoms with Crippen molar-refractivity contribution in [2.75, 3.05) is 29.9 Å². The Balaban J connectivity index is 1.64. The molecular formula is C14H23N5. The molecule has 1 aromatic rings. The maximum atomic E-state index is 4.83. The third-order valence-electron chi connectivity index (χ3n) is 5.10. The highest BCUT2D eigenvalue weighted by molar-refractivity contribution is 5.40. The van der Waals surface area contributed by atoms with Crippen LogP contribution in [0.15, 0.2) is 0 Å². The van der Waals surface area contributed by atoms with Gasteiger partial charge in [-0.3, -0.25) is 0 Å². The van der Waals surface area contributed by atoms with E-state index in [2.05, 4.69) is 21.8 Å². The number of aromatic nitrogens is 3. The van der Waals surface area contributed by atoms with Crippen LogP contribution in [-0.2, 0) is 0 Å². The molecule has 2 aliphatic heterocycles. The van der Waals surface area contributed by atoms with E-state index < -0.39 is 0 Å². The molecule has 1 aliphatic carbocycles. The van der Waals surface area contributed by atoms with Crippen LogP contribution in [0.5, 0.6) is 0 Å². The maximum Gasteiger partial charge on any atom is 0.246 e. The number of nitrogens with zero attached hydrogens (tertiary/aromatic N) is 4. The summed E-state index contributed by atoms with van der Waals surface area (Å²) >= 11 is 0. The van der Waals surface area contributed by atoms with Crippen LogP contribution in [0.4, 0.5) is 11.9 Å². The van der Waals surface area contributed by atoms with Gasteiger partial charge in [0.05, 0.1) is 6.04 Å². The second-order valence-electron chi connectivity index (χ2n) is 6.61. The first-order chi connectivity index (χ1) is 9.26. The largest absolute Gasteiger partial charge is 0.354 e. The van der Waals surface area contributed by atoms with Crippen molar-refractivity contribution in [1.29, 1.82) is 0 Å². The Hall–Kier alpha value is -1.26. The predicted molar refractivity (Wildman–Crippen MR) is 75.6 cm³/mol. The number of anilines is 2. The second kappa shape index (κ2) is 4.12. The van der Waals surface area contributed by atoms with Crippen LogP contribution < -0.4 is 10.2 Å². The lowest BCUT2D eigenvalue weighted by Gasteiger charge is -2.29. The molecule has 0 aromatic carbocycles. The summed E-state index contributed by atoms with van der Waals surface area (Å²) < 4.78 is 2.18. The minimum absolute atomic E-state index is 0.476. The van der Waals surface area contributed by atoms with Gasteiger partial charge in [0.1, 0.15) is 0 Å². The van der Waals surface area contributed by atoms with Crippen molar-refractivity contribution in [3.63, 3.8) is 0 Å². The van der Waals surface area contributed by atoms with Crippen LogP contribution in [0.1, 0.15) is 51.5 Å². The molecule has 3 heterocycles. The fourth-order valence-electron chi connectivity index (χ4n) is 3.49. The molecule has 5 nitrogen and oxygen atoms in total. The van der Waals surface area contributed by atoms with E-state index in [-0.39, 0.29) is 0 Å². The summed E-state index contributed by atoms with van der Waals surface area (Å²) in [5.41, 5.74) is 0.476. The third kappa shape index (κ3) is 1.90. The van der Waals surface area contributed by atoms with E-state index in [1.165, 1.54) is 38.5 Å². The molecule has 1 aromatic heterocycles. The Bertz CT molecular complexity index is 470. The number of rotatable bonds is 2. The van der Waals surface area contributed by atoms with Gasteiger partial charge in [-0.1, -0.05) is 6.92 Å². The Labute approximate surface area is 114 Å². The molecule has 104 valence electrons. The van der Waals surface area contributed by atoms with Crippen LogP contribution in [-0.4, -0.2) is 34.4 Å². The molecule has 1 saturated heterocycles. The molecule has 5 heteroatoms. The molecule has 0 spiro atoms. The van der Waals surface area contributed by atoms with Crippen LogP contribution in [0.2, 0.25) is 0 Å². The highest BCUT2D eigenvalue weighted by Gasteiger charge is 2.48. The van der Waals surface area contributed by atoms with E-state index >= 15 is 0 Å². The Morgan fingerprint density at radius 3 is 2.74 bits per heavy atom. The second-order valence-corrected chi connectivity index (χ2v) is 6.61. The summed E-state index contributed by atoms with van der Waals surface area (Å²) in [7, 11) is 0. The Kier molecular flexibility index (Phi) is 2.50. The molecule has 0 radical (unpaired) electrons. The van der Waals surface area contributed by atoms with Gasteiger partial charge in [-0.05, 0) is 43.9 Å². The van der Waals surface area contributed by atoms with E-state index in [0.717, 1.165) is 31.5 Å². The zero-order valence-electron chi connectivity index (χ0n) is 11.7. The molecule has 4 rings (SSSR count). The number of nitrogens with one attached hydrogen (secondary N) is 1. The molecule has 0 bridgehead atoms. The highest BCUT2D eigenvalue weighted by Crippen LogP contribution is 2.56. The van der Waals surface area contributed by atoms with Crippen molar-refractivity contribution in [2.45, 2.75) is 51.5 Å². The van der Waals surface area contributed by atoms with Crippen molar-refractivity contribution in [2.24, 2.45) is 5.41 Å². The normalized spacial score (nSPS) is 28.7. The van der Waals surface area contributed by atoms with E-state index in [1.807, 2.05) is 0 Å². The SMILES string of the molecule is CC1(C2CCNc3nc(N4CCCCC4)nn32)CC1. The van der Waals surface area contributed by atoms with Crippen LogP contribution >= 0.6 is 0 Å². The smallest absolute Gasteiger partial charge is 0.246 e. The standard InChI is InChI=1S/C14H23N5/c1-14(6-7-14)11-5-8-15-12-16-13(17-19(11)12)18-9-3-2-4-10-18/h11H,2-10H2,1H3,(H,15,16,17). The monoisotopic (exact) mass is 261 g/mol. The zero-order chi connectivity index (χ0) is 12.9. The lowest BCUT2D eigenvalue weighted by Crippen LogP contribution is -2.31. The average Bonchev–Trinajstić information content (AvgIpc) is 3.05. The minimum atomic E-state index is 0.476. The van der Waals surface area contributed by atoms with E-state index in [1.54, 1.807) is 0 Å². The number of piperidine rings is 1. The van der Waals surface area contributed by atoms with Crippen molar-refractivity contribution in [1.82, 2.24) is 14.8 Å². The van der Waals surface area contributed by atoms with Crippen molar-refractivity contribution in [3.05, 3.63) is 0 Å². The quantitative estimate of drug-likeness (QED) is 0.888. The molecule has 1 atom stereocenters. The molecule has 0 amide bonds. The van der Waals surface area contributed by atoms with Crippen molar-refractivity contribution < 1.29 is 0 Å². The van der Waals surface area contributed by atoms with Gasteiger partial charge in [-0.2, -0.15) is 4.98 Å². The van der Waals surface area contributed by atoms with Crippen LogP contribution in [0.25, 0.3) is 0 Å². The number of fused-ring (bicyclic) bond motifs is 1. The summed E-state index contributed by atoms with van der Waals surface area (Å²) in [6.07, 6.45) is 7.78. The molecule has 3 aliphatic rings. The first-order valence-corrected chi connectivity index (χ1v) is 7.72.